The molecule has 0 bridgehead atoms. The normalized spacial score (nSPS) is 15.2. The van der Waals surface area contributed by atoms with Crippen molar-refractivity contribution in [1.29, 1.82) is 0 Å². The maximum atomic E-state index is 13.9. The van der Waals surface area contributed by atoms with Crippen LogP contribution < -0.4 is 15.1 Å². The van der Waals surface area contributed by atoms with Crippen molar-refractivity contribution in [2.75, 3.05) is 11.5 Å². The highest BCUT2D eigenvalue weighted by molar-refractivity contribution is 6.12. The van der Waals surface area contributed by atoms with Gasteiger partial charge in [-0.3, -0.25) is 14.5 Å². The van der Waals surface area contributed by atoms with E-state index in [-0.39, 0.29) is 11.2 Å². The van der Waals surface area contributed by atoms with E-state index in [2.05, 4.69) is 5.16 Å². The zero-order valence-electron chi connectivity index (χ0n) is 19.3. The number of benzene rings is 3. The molecule has 1 aliphatic rings. The molecule has 35 heavy (non-hydrogen) atoms. The first-order chi connectivity index (χ1) is 17.1. The molecule has 0 saturated carbocycles. The number of anilines is 1. The number of carbonyl (C=O) groups is 1. The van der Waals surface area contributed by atoms with Crippen molar-refractivity contribution < 1.29 is 18.5 Å². The number of nitrogens with zero attached hydrogens (tertiary/aromatic N) is 2. The lowest BCUT2D eigenvalue weighted by atomic mass is 9.97. The molecule has 1 aliphatic heterocycles. The minimum atomic E-state index is -0.714. The topological polar surface area (TPSA) is 85.8 Å². The second-order valence-corrected chi connectivity index (χ2v) is 8.63. The fourth-order valence-corrected chi connectivity index (χ4v) is 4.69. The summed E-state index contributed by atoms with van der Waals surface area (Å²) >= 11 is 0. The van der Waals surface area contributed by atoms with Crippen molar-refractivity contribution in [2.45, 2.75) is 26.3 Å². The van der Waals surface area contributed by atoms with Crippen molar-refractivity contribution in [3.05, 3.63) is 99.6 Å². The Morgan fingerprint density at radius 2 is 1.80 bits per heavy atom. The molecule has 1 amide bonds. The minimum absolute atomic E-state index is 0.0239. The Morgan fingerprint density at radius 3 is 2.54 bits per heavy atom. The summed E-state index contributed by atoms with van der Waals surface area (Å²) in [5.74, 6) is 1.19. The van der Waals surface area contributed by atoms with E-state index in [4.69, 9.17) is 13.7 Å². The summed E-state index contributed by atoms with van der Waals surface area (Å²) < 4.78 is 17.2. The zero-order valence-corrected chi connectivity index (χ0v) is 19.3. The highest BCUT2D eigenvalue weighted by Gasteiger charge is 2.45. The maximum Gasteiger partial charge on any atom is 0.296 e. The van der Waals surface area contributed by atoms with Gasteiger partial charge in [-0.1, -0.05) is 54.5 Å². The van der Waals surface area contributed by atoms with Crippen molar-refractivity contribution >= 4 is 33.5 Å². The first-order valence-electron chi connectivity index (χ1n) is 11.5. The molecular weight excluding hydrogens is 444 g/mol. The Bertz CT molecular complexity index is 1650. The Kier molecular flexibility index (Phi) is 4.91. The quantitative estimate of drug-likeness (QED) is 0.305. The molecular formula is C28H22N2O5. The van der Waals surface area contributed by atoms with Crippen LogP contribution in [0.15, 0.2) is 80.5 Å². The lowest BCUT2D eigenvalue weighted by Crippen LogP contribution is -2.29. The number of ether oxygens (including phenoxy) is 1. The molecule has 7 heteroatoms. The molecule has 6 rings (SSSR count). The third-order valence-electron chi connectivity index (χ3n) is 6.29. The number of aryl methyl sites for hydroxylation is 1. The van der Waals surface area contributed by atoms with E-state index in [0.717, 1.165) is 28.5 Å². The van der Waals surface area contributed by atoms with Crippen LogP contribution in [-0.2, 0) is 0 Å². The predicted octanol–water partition coefficient (Wildman–Crippen LogP) is 5.78. The van der Waals surface area contributed by atoms with Gasteiger partial charge in [-0.25, -0.2) is 0 Å². The lowest BCUT2D eigenvalue weighted by molar-refractivity contribution is 0.0969. The van der Waals surface area contributed by atoms with Crippen molar-refractivity contribution in [2.24, 2.45) is 0 Å². The minimum Gasteiger partial charge on any atom is -0.494 e. The van der Waals surface area contributed by atoms with E-state index >= 15 is 0 Å². The van der Waals surface area contributed by atoms with E-state index in [1.807, 2.05) is 61.5 Å². The lowest BCUT2D eigenvalue weighted by Gasteiger charge is -2.22. The fourth-order valence-electron chi connectivity index (χ4n) is 4.69. The van der Waals surface area contributed by atoms with E-state index in [1.165, 1.54) is 4.90 Å². The molecule has 0 spiro atoms. The number of carbonyl (C=O) groups excluding carboxylic acids is 1. The Morgan fingerprint density at radius 1 is 1.00 bits per heavy atom. The summed E-state index contributed by atoms with van der Waals surface area (Å²) in [6, 6.07) is 19.7. The predicted molar refractivity (Wildman–Crippen MR) is 132 cm³/mol. The molecule has 7 nitrogen and oxygen atoms in total. The highest BCUT2D eigenvalue weighted by atomic mass is 16.5. The van der Waals surface area contributed by atoms with Gasteiger partial charge >= 0.3 is 0 Å². The third kappa shape index (κ3) is 3.31. The summed E-state index contributed by atoms with van der Waals surface area (Å²) in [6.45, 7) is 4.40. The van der Waals surface area contributed by atoms with E-state index in [9.17, 15) is 9.59 Å². The van der Waals surface area contributed by atoms with Crippen LogP contribution in [0.5, 0.6) is 5.75 Å². The third-order valence-corrected chi connectivity index (χ3v) is 6.29. The summed E-state index contributed by atoms with van der Waals surface area (Å²) in [4.78, 5) is 29.1. The van der Waals surface area contributed by atoms with E-state index in [0.29, 0.717) is 34.7 Å². The molecule has 1 atom stereocenters. The van der Waals surface area contributed by atoms with Gasteiger partial charge in [0, 0.05) is 11.5 Å². The summed E-state index contributed by atoms with van der Waals surface area (Å²) in [6.07, 6.45) is 0.897. The molecule has 3 heterocycles. The Balaban J connectivity index is 1.59. The second-order valence-electron chi connectivity index (χ2n) is 8.63. The van der Waals surface area contributed by atoms with Crippen LogP contribution in [0.25, 0.3) is 21.7 Å². The number of hydrogen-bond donors (Lipinski definition) is 0. The van der Waals surface area contributed by atoms with Gasteiger partial charge in [-0.2, -0.15) is 0 Å². The average molecular weight is 466 g/mol. The second kappa shape index (κ2) is 8.13. The molecule has 1 unspecified atom stereocenters. The van der Waals surface area contributed by atoms with Crippen LogP contribution in [0, 0.1) is 6.92 Å². The molecule has 174 valence electrons. The van der Waals surface area contributed by atoms with Crippen LogP contribution in [0.4, 0.5) is 5.82 Å². The first kappa shape index (κ1) is 21.2. The van der Waals surface area contributed by atoms with Crippen LogP contribution in [-0.4, -0.2) is 17.7 Å². The van der Waals surface area contributed by atoms with Crippen molar-refractivity contribution in [3.63, 3.8) is 0 Å². The molecule has 5 aromatic rings. The molecule has 3 aromatic carbocycles. The molecule has 0 fully saturated rings. The van der Waals surface area contributed by atoms with Gasteiger partial charge in [0.1, 0.15) is 17.1 Å². The summed E-state index contributed by atoms with van der Waals surface area (Å²) in [7, 11) is 0. The summed E-state index contributed by atoms with van der Waals surface area (Å²) in [5, 5.41) is 6.22. The standard InChI is InChI=1S/C28H22N2O5/c1-3-14-33-19-11-8-18(9-12-19)24-23-25(31)21-13-10-17-6-4-5-7-20(17)26(21)34-27(23)28(32)30(24)22-15-16(2)35-29-22/h4-13,15,24H,3,14H2,1-2H3. The van der Waals surface area contributed by atoms with Gasteiger partial charge in [-0.15, -0.1) is 0 Å². The SMILES string of the molecule is CCCOc1ccc(C2c3c(oc4c(ccc5ccccc54)c3=O)C(=O)N2c2cc(C)on2)cc1. The Labute approximate surface area is 200 Å². The van der Waals surface area contributed by atoms with Gasteiger partial charge < -0.3 is 13.7 Å². The number of hydrogen-bond acceptors (Lipinski definition) is 6. The molecule has 2 aromatic heterocycles. The van der Waals surface area contributed by atoms with E-state index < -0.39 is 11.9 Å². The van der Waals surface area contributed by atoms with Gasteiger partial charge in [0.15, 0.2) is 11.2 Å². The number of aromatic nitrogens is 1. The highest BCUT2D eigenvalue weighted by Crippen LogP contribution is 2.42. The van der Waals surface area contributed by atoms with Crippen molar-refractivity contribution in [3.8, 4) is 5.75 Å². The van der Waals surface area contributed by atoms with E-state index in [1.54, 1.807) is 19.1 Å². The molecule has 0 N–H and O–H groups in total. The largest absolute Gasteiger partial charge is 0.494 e. The zero-order chi connectivity index (χ0) is 24.1. The van der Waals surface area contributed by atoms with Crippen molar-refractivity contribution in [1.82, 2.24) is 5.16 Å². The molecule has 0 aliphatic carbocycles. The average Bonchev–Trinajstić information content (AvgIpc) is 3.43. The van der Waals surface area contributed by atoms with Gasteiger partial charge in [-0.05, 0) is 42.5 Å². The van der Waals surface area contributed by atoms with Crippen LogP contribution >= 0.6 is 0 Å². The van der Waals surface area contributed by atoms with Crippen LogP contribution in [0.2, 0.25) is 0 Å². The van der Waals surface area contributed by atoms with Crippen LogP contribution in [0.1, 0.15) is 46.8 Å². The first-order valence-corrected chi connectivity index (χ1v) is 11.5. The fraction of sp³-hybridized carbons (Fsp3) is 0.179. The van der Waals surface area contributed by atoms with Gasteiger partial charge in [0.05, 0.1) is 23.6 Å². The van der Waals surface area contributed by atoms with Gasteiger partial charge in [0.2, 0.25) is 5.76 Å². The summed E-state index contributed by atoms with van der Waals surface area (Å²) in [5.41, 5.74) is 1.20. The van der Waals surface area contributed by atoms with Gasteiger partial charge in [0.25, 0.3) is 5.91 Å². The number of fused-ring (bicyclic) bond motifs is 4. The Hall–Kier alpha value is -4.39. The smallest absolute Gasteiger partial charge is 0.296 e. The monoisotopic (exact) mass is 466 g/mol. The maximum absolute atomic E-state index is 13.9. The molecule has 0 radical (unpaired) electrons. The number of amides is 1. The van der Waals surface area contributed by atoms with Crippen LogP contribution in [0.3, 0.4) is 0 Å². The number of rotatable bonds is 5. The molecule has 0 saturated heterocycles.